The van der Waals surface area contributed by atoms with Crippen LogP contribution in [0.15, 0.2) is 5.38 Å². The Labute approximate surface area is 155 Å². The molecule has 26 heavy (non-hydrogen) atoms. The summed E-state index contributed by atoms with van der Waals surface area (Å²) in [6.07, 6.45) is 3.01. The predicted molar refractivity (Wildman–Crippen MR) is 95.9 cm³/mol. The molecule has 0 unspecified atom stereocenters. The SMILES string of the molecule is CN1CCC(Cc2nc(-c3scc4c3OCCO4)n(CC(=O)O)n2)CC1. The van der Waals surface area contributed by atoms with E-state index in [-0.39, 0.29) is 6.54 Å². The average Bonchev–Trinajstić information content (AvgIpc) is 3.20. The van der Waals surface area contributed by atoms with E-state index in [9.17, 15) is 9.90 Å². The summed E-state index contributed by atoms with van der Waals surface area (Å²) in [5.74, 6) is 2.19. The Morgan fingerprint density at radius 2 is 2.12 bits per heavy atom. The number of piperidine rings is 1. The second-order valence-corrected chi connectivity index (χ2v) is 7.69. The van der Waals surface area contributed by atoms with Gasteiger partial charge in [0.05, 0.1) is 0 Å². The third-order valence-electron chi connectivity index (χ3n) is 4.81. The lowest BCUT2D eigenvalue weighted by atomic mass is 9.94. The maximum absolute atomic E-state index is 11.3. The lowest BCUT2D eigenvalue weighted by Gasteiger charge is -2.28. The highest BCUT2D eigenvalue weighted by Crippen LogP contribution is 2.45. The number of likely N-dealkylation sites (tertiary alicyclic amines) is 1. The predicted octanol–water partition coefficient (Wildman–Crippen LogP) is 1.75. The number of carboxylic acids is 1. The highest BCUT2D eigenvalue weighted by atomic mass is 32.1. The summed E-state index contributed by atoms with van der Waals surface area (Å²) in [7, 11) is 2.14. The number of rotatable bonds is 5. The molecular weight excluding hydrogens is 356 g/mol. The van der Waals surface area contributed by atoms with Gasteiger partial charge in [0, 0.05) is 11.8 Å². The van der Waals surface area contributed by atoms with Crippen LogP contribution >= 0.6 is 11.3 Å². The number of hydrogen-bond acceptors (Lipinski definition) is 7. The summed E-state index contributed by atoms with van der Waals surface area (Å²) >= 11 is 1.45. The number of fused-ring (bicyclic) bond motifs is 1. The Morgan fingerprint density at radius 1 is 1.35 bits per heavy atom. The van der Waals surface area contributed by atoms with E-state index in [4.69, 9.17) is 9.47 Å². The number of carboxylic acid groups (broad SMARTS) is 1. The largest absolute Gasteiger partial charge is 0.485 e. The summed E-state index contributed by atoms with van der Waals surface area (Å²) in [5, 5.41) is 15.6. The molecule has 1 N–H and O–H groups in total. The summed E-state index contributed by atoms with van der Waals surface area (Å²) in [5.41, 5.74) is 0. The maximum Gasteiger partial charge on any atom is 0.325 e. The molecule has 4 rings (SSSR count). The molecule has 9 heteroatoms. The number of aromatic nitrogens is 3. The topological polar surface area (TPSA) is 89.7 Å². The maximum atomic E-state index is 11.3. The zero-order valence-electron chi connectivity index (χ0n) is 14.7. The molecule has 0 atom stereocenters. The molecule has 2 aliphatic heterocycles. The molecule has 0 aliphatic carbocycles. The Balaban J connectivity index is 1.62. The molecule has 4 heterocycles. The van der Waals surface area contributed by atoms with Gasteiger partial charge in [-0.1, -0.05) is 0 Å². The van der Waals surface area contributed by atoms with Crippen molar-refractivity contribution in [3.63, 3.8) is 0 Å². The molecule has 1 fully saturated rings. The van der Waals surface area contributed by atoms with Crippen molar-refractivity contribution in [3.05, 3.63) is 11.2 Å². The van der Waals surface area contributed by atoms with Gasteiger partial charge in [0.15, 0.2) is 23.1 Å². The molecule has 0 bridgehead atoms. The minimum absolute atomic E-state index is 0.219. The fraction of sp³-hybridized carbons (Fsp3) is 0.588. The highest BCUT2D eigenvalue weighted by Gasteiger charge is 2.26. The van der Waals surface area contributed by atoms with Gasteiger partial charge in [-0.05, 0) is 38.9 Å². The summed E-state index contributed by atoms with van der Waals surface area (Å²) in [6, 6.07) is 0. The molecule has 0 spiro atoms. The van der Waals surface area contributed by atoms with Crippen LogP contribution in [0.4, 0.5) is 0 Å². The van der Waals surface area contributed by atoms with Crippen molar-refractivity contribution in [1.29, 1.82) is 0 Å². The Kier molecular flexibility index (Phi) is 4.82. The van der Waals surface area contributed by atoms with Crippen molar-refractivity contribution >= 4 is 17.3 Å². The fourth-order valence-electron chi connectivity index (χ4n) is 3.42. The van der Waals surface area contributed by atoms with Gasteiger partial charge in [-0.25, -0.2) is 9.67 Å². The minimum Gasteiger partial charge on any atom is -0.485 e. The third kappa shape index (κ3) is 3.54. The lowest BCUT2D eigenvalue weighted by molar-refractivity contribution is -0.137. The summed E-state index contributed by atoms with van der Waals surface area (Å²) < 4.78 is 12.8. The Bertz CT molecular complexity index is 795. The molecule has 0 radical (unpaired) electrons. The molecule has 2 aromatic rings. The van der Waals surface area contributed by atoms with E-state index in [2.05, 4.69) is 22.0 Å². The van der Waals surface area contributed by atoms with Crippen molar-refractivity contribution in [3.8, 4) is 22.2 Å². The van der Waals surface area contributed by atoms with Crippen LogP contribution in [0.3, 0.4) is 0 Å². The molecular formula is C17H22N4O4S. The summed E-state index contributed by atoms with van der Waals surface area (Å²) in [4.78, 5) is 19.1. The van der Waals surface area contributed by atoms with Gasteiger partial charge < -0.3 is 19.5 Å². The zero-order chi connectivity index (χ0) is 18.1. The van der Waals surface area contributed by atoms with E-state index >= 15 is 0 Å². The number of hydrogen-bond donors (Lipinski definition) is 1. The van der Waals surface area contributed by atoms with Crippen LogP contribution in [-0.4, -0.2) is 64.1 Å². The van der Waals surface area contributed by atoms with Crippen molar-refractivity contribution in [2.24, 2.45) is 5.92 Å². The summed E-state index contributed by atoms with van der Waals surface area (Å²) in [6.45, 7) is 2.94. The number of nitrogens with zero attached hydrogens (tertiary/aromatic N) is 4. The normalized spacial score (nSPS) is 18.2. The molecule has 2 aliphatic rings. The number of carbonyl (C=O) groups is 1. The Hall–Kier alpha value is -2.13. The minimum atomic E-state index is -0.940. The van der Waals surface area contributed by atoms with E-state index < -0.39 is 5.97 Å². The Morgan fingerprint density at radius 3 is 2.88 bits per heavy atom. The van der Waals surface area contributed by atoms with Crippen molar-refractivity contribution < 1.29 is 19.4 Å². The number of ether oxygens (including phenoxy) is 2. The van der Waals surface area contributed by atoms with Gasteiger partial charge in [-0.15, -0.1) is 11.3 Å². The molecule has 140 valence electrons. The smallest absolute Gasteiger partial charge is 0.325 e. The van der Waals surface area contributed by atoms with Gasteiger partial charge in [-0.2, -0.15) is 5.10 Å². The van der Waals surface area contributed by atoms with Crippen LogP contribution in [0.5, 0.6) is 11.5 Å². The number of aliphatic carboxylic acids is 1. The van der Waals surface area contributed by atoms with Crippen LogP contribution in [-0.2, 0) is 17.8 Å². The average molecular weight is 378 g/mol. The van der Waals surface area contributed by atoms with Crippen LogP contribution in [0.25, 0.3) is 10.7 Å². The van der Waals surface area contributed by atoms with Crippen LogP contribution in [0.2, 0.25) is 0 Å². The molecule has 0 aromatic carbocycles. The molecule has 0 amide bonds. The van der Waals surface area contributed by atoms with Gasteiger partial charge in [-0.3, -0.25) is 4.79 Å². The van der Waals surface area contributed by atoms with Crippen molar-refractivity contribution in [2.45, 2.75) is 25.8 Å². The first-order valence-electron chi connectivity index (χ1n) is 8.81. The van der Waals surface area contributed by atoms with E-state index in [1.54, 1.807) is 0 Å². The fourth-order valence-corrected chi connectivity index (χ4v) is 4.35. The van der Waals surface area contributed by atoms with Crippen LogP contribution < -0.4 is 9.47 Å². The van der Waals surface area contributed by atoms with E-state index in [1.165, 1.54) is 16.0 Å². The first kappa shape index (κ1) is 17.3. The van der Waals surface area contributed by atoms with Crippen LogP contribution in [0, 0.1) is 5.92 Å². The molecule has 2 aromatic heterocycles. The standard InChI is InChI=1S/C17H22N4O4S/c1-20-4-2-11(3-5-20)8-13-18-17(21(19-13)9-14(22)23)16-15-12(10-26-16)24-6-7-25-15/h10-11H,2-9H2,1H3,(H,22,23). The van der Waals surface area contributed by atoms with Gasteiger partial charge in [0.2, 0.25) is 0 Å². The second kappa shape index (κ2) is 7.24. The lowest BCUT2D eigenvalue weighted by Crippen LogP contribution is -2.31. The van der Waals surface area contributed by atoms with Crippen LogP contribution in [0.1, 0.15) is 18.7 Å². The zero-order valence-corrected chi connectivity index (χ0v) is 15.5. The van der Waals surface area contributed by atoms with E-state index in [1.807, 2.05) is 5.38 Å². The van der Waals surface area contributed by atoms with Gasteiger partial charge in [0.1, 0.15) is 24.6 Å². The monoisotopic (exact) mass is 378 g/mol. The second-order valence-electron chi connectivity index (χ2n) is 6.81. The van der Waals surface area contributed by atoms with E-state index in [0.717, 1.165) is 37.2 Å². The first-order chi connectivity index (χ1) is 12.6. The van der Waals surface area contributed by atoms with Crippen molar-refractivity contribution in [1.82, 2.24) is 19.7 Å². The van der Waals surface area contributed by atoms with Gasteiger partial charge >= 0.3 is 5.97 Å². The van der Waals surface area contributed by atoms with Gasteiger partial charge in [0.25, 0.3) is 0 Å². The molecule has 0 saturated carbocycles. The quantitative estimate of drug-likeness (QED) is 0.848. The van der Waals surface area contributed by atoms with E-state index in [0.29, 0.717) is 42.3 Å². The highest BCUT2D eigenvalue weighted by molar-refractivity contribution is 7.14. The molecule has 1 saturated heterocycles. The first-order valence-corrected chi connectivity index (χ1v) is 9.69. The third-order valence-corrected chi connectivity index (χ3v) is 5.75. The van der Waals surface area contributed by atoms with Crippen molar-refractivity contribution in [2.75, 3.05) is 33.4 Å². The molecule has 8 nitrogen and oxygen atoms in total. The number of thiophene rings is 1.